The Morgan fingerprint density at radius 3 is 2.71 bits per heavy atom. The number of aryl methyl sites for hydroxylation is 1. The van der Waals surface area contributed by atoms with E-state index in [1.165, 1.54) is 6.07 Å². The van der Waals surface area contributed by atoms with Crippen LogP contribution in [0.4, 0.5) is 0 Å². The Morgan fingerprint density at radius 1 is 1.41 bits per heavy atom. The lowest BCUT2D eigenvalue weighted by Crippen LogP contribution is -2.39. The molecule has 1 unspecified atom stereocenters. The Hall–Kier alpha value is -1.13. The fraction of sp³-hybridized carbons (Fsp3) is 0.364. The molecule has 2 heterocycles. The van der Waals surface area contributed by atoms with Gasteiger partial charge in [0.25, 0.3) is 0 Å². The number of hydrogen-bond acceptors (Lipinski definition) is 3. The molecule has 0 saturated carbocycles. The molecule has 0 radical (unpaired) electrons. The predicted octanol–water partition coefficient (Wildman–Crippen LogP) is 2.22. The number of rotatable bonds is 1. The fourth-order valence-electron chi connectivity index (χ4n) is 2.00. The smallest absolute Gasteiger partial charge is 0.234 e. The molecule has 1 atom stereocenters. The average Bonchev–Trinajstić information content (AvgIpc) is 2.19. The maximum atomic E-state index is 11.7. The highest BCUT2D eigenvalue weighted by Gasteiger charge is 2.31. The number of amides is 2. The minimum Gasteiger partial charge on any atom is -0.296 e. The fourth-order valence-corrected chi connectivity index (χ4v) is 2.66. The molecule has 1 aliphatic heterocycles. The van der Waals surface area contributed by atoms with Gasteiger partial charge in [0.15, 0.2) is 0 Å². The van der Waals surface area contributed by atoms with Crippen molar-refractivity contribution in [1.82, 2.24) is 10.3 Å². The minimum absolute atomic E-state index is 0.248. The molecule has 1 fully saturated rings. The second kappa shape index (κ2) is 4.63. The topological polar surface area (TPSA) is 59.1 Å². The van der Waals surface area contributed by atoms with Gasteiger partial charge in [0, 0.05) is 22.7 Å². The van der Waals surface area contributed by atoms with Crippen LogP contribution in [0.15, 0.2) is 6.07 Å². The molecule has 1 aromatic heterocycles. The van der Waals surface area contributed by atoms with Crippen LogP contribution in [0.3, 0.4) is 0 Å². The molecule has 0 spiro atoms. The Labute approximate surface area is 108 Å². The summed E-state index contributed by atoms with van der Waals surface area (Å²) in [5.41, 5.74) is 1.28. The predicted molar refractivity (Wildman–Crippen MR) is 64.1 cm³/mol. The lowest BCUT2D eigenvalue weighted by molar-refractivity contribution is -0.134. The molecule has 0 aliphatic carbocycles. The lowest BCUT2D eigenvalue weighted by atomic mass is 9.89. The summed E-state index contributed by atoms with van der Waals surface area (Å²) in [7, 11) is 0. The van der Waals surface area contributed by atoms with Gasteiger partial charge in [-0.3, -0.25) is 14.9 Å². The number of carbonyl (C=O) groups excluding carboxylic acids is 2. The van der Waals surface area contributed by atoms with Crippen LogP contribution in [-0.4, -0.2) is 16.8 Å². The number of nitrogens with one attached hydrogen (secondary N) is 1. The minimum atomic E-state index is -0.426. The third kappa shape index (κ3) is 2.42. The van der Waals surface area contributed by atoms with Crippen LogP contribution in [0.25, 0.3) is 0 Å². The zero-order valence-electron chi connectivity index (χ0n) is 9.09. The molecule has 1 aliphatic rings. The Morgan fingerprint density at radius 2 is 2.12 bits per heavy atom. The number of aromatic nitrogens is 1. The summed E-state index contributed by atoms with van der Waals surface area (Å²) >= 11 is 11.9. The first-order chi connectivity index (χ1) is 7.99. The monoisotopic (exact) mass is 272 g/mol. The molecule has 0 bridgehead atoms. The molecular weight excluding hydrogens is 263 g/mol. The summed E-state index contributed by atoms with van der Waals surface area (Å²) in [5, 5.41) is 3.01. The van der Waals surface area contributed by atoms with E-state index in [0.29, 0.717) is 34.3 Å². The molecule has 6 heteroatoms. The van der Waals surface area contributed by atoms with Crippen molar-refractivity contribution in [3.05, 3.63) is 27.5 Å². The highest BCUT2D eigenvalue weighted by atomic mass is 35.5. The van der Waals surface area contributed by atoms with E-state index in [4.69, 9.17) is 23.2 Å². The van der Waals surface area contributed by atoms with Crippen molar-refractivity contribution in [3.63, 3.8) is 0 Å². The number of carbonyl (C=O) groups is 2. The summed E-state index contributed by atoms with van der Waals surface area (Å²) in [6.45, 7) is 1.75. The first-order valence-electron chi connectivity index (χ1n) is 5.15. The van der Waals surface area contributed by atoms with Crippen molar-refractivity contribution >= 4 is 35.0 Å². The normalized spacial score (nSPS) is 20.3. The summed E-state index contributed by atoms with van der Waals surface area (Å²) < 4.78 is 0. The molecular formula is C11H10Cl2N2O2. The zero-order chi connectivity index (χ0) is 12.6. The van der Waals surface area contributed by atoms with E-state index in [2.05, 4.69) is 10.3 Å². The number of hydrogen-bond donors (Lipinski definition) is 1. The third-order valence-electron chi connectivity index (χ3n) is 2.76. The molecule has 17 heavy (non-hydrogen) atoms. The summed E-state index contributed by atoms with van der Waals surface area (Å²) in [6, 6.07) is 1.51. The van der Waals surface area contributed by atoms with E-state index in [0.717, 1.165) is 0 Å². The highest BCUT2D eigenvalue weighted by Crippen LogP contribution is 2.33. The SMILES string of the molecule is Cc1nc(Cl)cc(Cl)c1C1CCC(=O)NC1=O. The Balaban J connectivity index is 2.40. The van der Waals surface area contributed by atoms with Crippen molar-refractivity contribution in [3.8, 4) is 0 Å². The number of halogens is 2. The quantitative estimate of drug-likeness (QED) is 0.630. The van der Waals surface area contributed by atoms with E-state index >= 15 is 0 Å². The van der Waals surface area contributed by atoms with E-state index in [-0.39, 0.29) is 11.8 Å². The van der Waals surface area contributed by atoms with Crippen LogP contribution in [0, 0.1) is 6.92 Å². The van der Waals surface area contributed by atoms with Gasteiger partial charge in [0.1, 0.15) is 5.15 Å². The van der Waals surface area contributed by atoms with Gasteiger partial charge in [-0.25, -0.2) is 4.98 Å². The number of imide groups is 1. The van der Waals surface area contributed by atoms with Crippen LogP contribution in [0.5, 0.6) is 0 Å². The number of nitrogens with zero attached hydrogens (tertiary/aromatic N) is 1. The maximum Gasteiger partial charge on any atom is 0.234 e. The maximum absolute atomic E-state index is 11.7. The third-order valence-corrected chi connectivity index (χ3v) is 3.26. The van der Waals surface area contributed by atoms with Gasteiger partial charge in [-0.1, -0.05) is 23.2 Å². The van der Waals surface area contributed by atoms with Crippen LogP contribution in [0.1, 0.15) is 30.0 Å². The van der Waals surface area contributed by atoms with Crippen LogP contribution in [0.2, 0.25) is 10.2 Å². The highest BCUT2D eigenvalue weighted by molar-refractivity contribution is 6.34. The first kappa shape index (κ1) is 12.3. The molecule has 1 N–H and O–H groups in total. The van der Waals surface area contributed by atoms with E-state index in [9.17, 15) is 9.59 Å². The van der Waals surface area contributed by atoms with Gasteiger partial charge in [0.05, 0.1) is 5.92 Å². The first-order valence-corrected chi connectivity index (χ1v) is 5.91. The van der Waals surface area contributed by atoms with Crippen LogP contribution in [-0.2, 0) is 9.59 Å². The van der Waals surface area contributed by atoms with Crippen LogP contribution < -0.4 is 5.32 Å². The van der Waals surface area contributed by atoms with Gasteiger partial charge in [-0.15, -0.1) is 0 Å². The standard InChI is InChI=1S/C11H10Cl2N2O2/c1-5-10(7(12)4-8(13)14-5)6-2-3-9(16)15-11(6)17/h4,6H,2-3H2,1H3,(H,15,16,17). The number of piperidine rings is 1. The summed E-state index contributed by atoms with van der Waals surface area (Å²) in [5.74, 6) is -0.998. The lowest BCUT2D eigenvalue weighted by Gasteiger charge is -2.23. The van der Waals surface area contributed by atoms with Crippen LogP contribution >= 0.6 is 23.2 Å². The molecule has 1 aromatic rings. The van der Waals surface area contributed by atoms with Gasteiger partial charge in [-0.05, 0) is 19.4 Å². The Bertz CT molecular complexity index is 479. The van der Waals surface area contributed by atoms with Gasteiger partial charge in [0.2, 0.25) is 11.8 Å². The summed E-state index contributed by atoms with van der Waals surface area (Å²) in [4.78, 5) is 26.9. The second-order valence-corrected chi connectivity index (χ2v) is 4.72. The van der Waals surface area contributed by atoms with E-state index in [1.54, 1.807) is 6.92 Å². The molecule has 2 amide bonds. The van der Waals surface area contributed by atoms with E-state index in [1.807, 2.05) is 0 Å². The van der Waals surface area contributed by atoms with Gasteiger partial charge >= 0.3 is 0 Å². The molecule has 2 rings (SSSR count). The van der Waals surface area contributed by atoms with E-state index < -0.39 is 5.92 Å². The summed E-state index contributed by atoms with van der Waals surface area (Å²) in [6.07, 6.45) is 0.767. The largest absolute Gasteiger partial charge is 0.296 e. The van der Waals surface area contributed by atoms with Crippen molar-refractivity contribution in [1.29, 1.82) is 0 Å². The molecule has 4 nitrogen and oxygen atoms in total. The average molecular weight is 273 g/mol. The Kier molecular flexibility index (Phi) is 3.35. The molecule has 90 valence electrons. The zero-order valence-corrected chi connectivity index (χ0v) is 10.6. The van der Waals surface area contributed by atoms with Crippen molar-refractivity contribution < 1.29 is 9.59 Å². The van der Waals surface area contributed by atoms with Crippen molar-refractivity contribution in [2.75, 3.05) is 0 Å². The molecule has 0 aromatic carbocycles. The second-order valence-electron chi connectivity index (χ2n) is 3.93. The van der Waals surface area contributed by atoms with Crippen molar-refractivity contribution in [2.45, 2.75) is 25.7 Å². The number of pyridine rings is 1. The van der Waals surface area contributed by atoms with Gasteiger partial charge in [-0.2, -0.15) is 0 Å². The molecule has 1 saturated heterocycles. The van der Waals surface area contributed by atoms with Crippen molar-refractivity contribution in [2.24, 2.45) is 0 Å². The van der Waals surface area contributed by atoms with Gasteiger partial charge < -0.3 is 0 Å².